The Bertz CT molecular complexity index is 621. The molecule has 0 spiro atoms. The van der Waals surface area contributed by atoms with E-state index in [9.17, 15) is 0 Å². The van der Waals surface area contributed by atoms with Gasteiger partial charge in [0.15, 0.2) is 0 Å². The second kappa shape index (κ2) is 6.14. The van der Waals surface area contributed by atoms with E-state index in [4.69, 9.17) is 5.26 Å². The molecule has 1 aliphatic rings. The number of benzene rings is 2. The zero-order valence-corrected chi connectivity index (χ0v) is 12.5. The first kappa shape index (κ1) is 13.9. The second-order valence-electron chi connectivity index (χ2n) is 6.02. The number of nitriles is 1. The molecule has 1 heteroatoms. The van der Waals surface area contributed by atoms with Gasteiger partial charge in [0.25, 0.3) is 0 Å². The van der Waals surface area contributed by atoms with Gasteiger partial charge < -0.3 is 0 Å². The molecule has 0 aliphatic heterocycles. The Morgan fingerprint density at radius 1 is 0.952 bits per heavy atom. The van der Waals surface area contributed by atoms with Gasteiger partial charge in [-0.05, 0) is 53.9 Å². The zero-order chi connectivity index (χ0) is 14.7. The standard InChI is InChI=1S/C20H21N/c1-2-16-12-13-19(17-10-8-15(14-21)9-11-17)20(16)18-6-4-3-5-7-18/h3-11,16,19-20H,2,12-13H2,1H3. The van der Waals surface area contributed by atoms with Gasteiger partial charge in [-0.2, -0.15) is 5.26 Å². The van der Waals surface area contributed by atoms with E-state index >= 15 is 0 Å². The average molecular weight is 275 g/mol. The summed E-state index contributed by atoms with van der Waals surface area (Å²) in [6, 6.07) is 21.4. The fraction of sp³-hybridized carbons (Fsp3) is 0.350. The first-order valence-electron chi connectivity index (χ1n) is 7.88. The largest absolute Gasteiger partial charge is 0.192 e. The Morgan fingerprint density at radius 3 is 2.29 bits per heavy atom. The molecule has 3 unspecified atom stereocenters. The van der Waals surface area contributed by atoms with E-state index in [0.717, 1.165) is 11.5 Å². The fourth-order valence-electron chi connectivity index (χ4n) is 3.90. The van der Waals surface area contributed by atoms with Crippen molar-refractivity contribution in [1.82, 2.24) is 0 Å². The maximum Gasteiger partial charge on any atom is 0.0991 e. The SMILES string of the molecule is CCC1CCC(c2ccc(C#N)cc2)C1c1ccccc1. The summed E-state index contributed by atoms with van der Waals surface area (Å²) in [4.78, 5) is 0. The zero-order valence-electron chi connectivity index (χ0n) is 12.5. The van der Waals surface area contributed by atoms with Gasteiger partial charge in [-0.3, -0.25) is 0 Å². The Morgan fingerprint density at radius 2 is 1.67 bits per heavy atom. The van der Waals surface area contributed by atoms with Crippen molar-refractivity contribution in [3.63, 3.8) is 0 Å². The molecule has 2 aromatic carbocycles. The van der Waals surface area contributed by atoms with Crippen LogP contribution in [0.3, 0.4) is 0 Å². The molecule has 2 aromatic rings. The summed E-state index contributed by atoms with van der Waals surface area (Å²) in [5.41, 5.74) is 3.61. The Hall–Kier alpha value is -2.07. The van der Waals surface area contributed by atoms with Crippen LogP contribution in [0.1, 0.15) is 54.7 Å². The van der Waals surface area contributed by atoms with Crippen LogP contribution in [0.2, 0.25) is 0 Å². The molecule has 3 rings (SSSR count). The predicted octanol–water partition coefficient (Wildman–Crippen LogP) is 5.25. The fourth-order valence-corrected chi connectivity index (χ4v) is 3.90. The first-order chi connectivity index (χ1) is 10.3. The number of rotatable bonds is 3. The summed E-state index contributed by atoms with van der Waals surface area (Å²) in [6.07, 6.45) is 3.80. The van der Waals surface area contributed by atoms with Crippen LogP contribution in [-0.4, -0.2) is 0 Å². The van der Waals surface area contributed by atoms with E-state index in [0.29, 0.717) is 11.8 Å². The minimum Gasteiger partial charge on any atom is -0.192 e. The van der Waals surface area contributed by atoms with Crippen LogP contribution in [0.5, 0.6) is 0 Å². The molecule has 1 saturated carbocycles. The van der Waals surface area contributed by atoms with Gasteiger partial charge in [0.1, 0.15) is 0 Å². The third kappa shape index (κ3) is 2.72. The third-order valence-corrected chi connectivity index (χ3v) is 4.97. The van der Waals surface area contributed by atoms with E-state index in [-0.39, 0.29) is 0 Å². The van der Waals surface area contributed by atoms with Crippen LogP contribution < -0.4 is 0 Å². The van der Waals surface area contributed by atoms with Crippen LogP contribution >= 0.6 is 0 Å². The lowest BCUT2D eigenvalue weighted by molar-refractivity contribution is 0.451. The van der Waals surface area contributed by atoms with Crippen molar-refractivity contribution in [1.29, 1.82) is 5.26 Å². The minimum absolute atomic E-state index is 0.588. The Kier molecular flexibility index (Phi) is 4.06. The van der Waals surface area contributed by atoms with Gasteiger partial charge in [-0.25, -0.2) is 0 Å². The van der Waals surface area contributed by atoms with E-state index in [1.807, 2.05) is 12.1 Å². The summed E-state index contributed by atoms with van der Waals surface area (Å²) < 4.78 is 0. The topological polar surface area (TPSA) is 23.8 Å². The lowest BCUT2D eigenvalue weighted by atomic mass is 9.79. The van der Waals surface area contributed by atoms with Crippen molar-refractivity contribution in [2.75, 3.05) is 0 Å². The average Bonchev–Trinajstić information content (AvgIpc) is 2.99. The molecule has 0 radical (unpaired) electrons. The summed E-state index contributed by atoms with van der Waals surface area (Å²) in [6.45, 7) is 2.31. The van der Waals surface area contributed by atoms with Crippen molar-refractivity contribution in [3.05, 3.63) is 71.3 Å². The van der Waals surface area contributed by atoms with Crippen molar-refractivity contribution in [2.24, 2.45) is 5.92 Å². The van der Waals surface area contributed by atoms with Crippen LogP contribution in [0.25, 0.3) is 0 Å². The monoisotopic (exact) mass is 275 g/mol. The Balaban J connectivity index is 1.94. The van der Waals surface area contributed by atoms with E-state index < -0.39 is 0 Å². The molecule has 0 N–H and O–H groups in total. The number of hydrogen-bond donors (Lipinski definition) is 0. The van der Waals surface area contributed by atoms with Crippen molar-refractivity contribution in [2.45, 2.75) is 38.0 Å². The summed E-state index contributed by atoms with van der Waals surface area (Å²) in [7, 11) is 0. The van der Waals surface area contributed by atoms with Crippen LogP contribution in [-0.2, 0) is 0 Å². The molecule has 0 amide bonds. The highest BCUT2D eigenvalue weighted by Gasteiger charge is 2.36. The third-order valence-electron chi connectivity index (χ3n) is 4.97. The van der Waals surface area contributed by atoms with Crippen molar-refractivity contribution in [3.8, 4) is 6.07 Å². The van der Waals surface area contributed by atoms with Crippen LogP contribution in [0.4, 0.5) is 0 Å². The quantitative estimate of drug-likeness (QED) is 0.751. The van der Waals surface area contributed by atoms with Crippen LogP contribution in [0, 0.1) is 17.2 Å². The smallest absolute Gasteiger partial charge is 0.0991 e. The van der Waals surface area contributed by atoms with Gasteiger partial charge in [0.2, 0.25) is 0 Å². The molecule has 1 nitrogen and oxygen atoms in total. The normalized spacial score (nSPS) is 24.7. The molecular weight excluding hydrogens is 254 g/mol. The van der Waals surface area contributed by atoms with Crippen molar-refractivity contribution < 1.29 is 0 Å². The van der Waals surface area contributed by atoms with Gasteiger partial charge in [0, 0.05) is 0 Å². The molecule has 106 valence electrons. The summed E-state index contributed by atoms with van der Waals surface area (Å²) >= 11 is 0. The van der Waals surface area contributed by atoms with Gasteiger partial charge in [-0.15, -0.1) is 0 Å². The molecular formula is C20H21N. The molecule has 0 aromatic heterocycles. The molecule has 21 heavy (non-hydrogen) atoms. The van der Waals surface area contributed by atoms with Gasteiger partial charge >= 0.3 is 0 Å². The maximum atomic E-state index is 8.95. The Labute approximate surface area is 127 Å². The molecule has 0 saturated heterocycles. The molecule has 3 atom stereocenters. The predicted molar refractivity (Wildman–Crippen MR) is 86.1 cm³/mol. The second-order valence-corrected chi connectivity index (χ2v) is 6.02. The number of nitrogens with zero attached hydrogens (tertiary/aromatic N) is 1. The van der Waals surface area contributed by atoms with Crippen LogP contribution in [0.15, 0.2) is 54.6 Å². The van der Waals surface area contributed by atoms with E-state index in [1.165, 1.54) is 30.4 Å². The van der Waals surface area contributed by atoms with Crippen molar-refractivity contribution >= 4 is 0 Å². The minimum atomic E-state index is 0.588. The van der Waals surface area contributed by atoms with E-state index in [2.05, 4.69) is 55.5 Å². The first-order valence-corrected chi connectivity index (χ1v) is 7.88. The molecule has 1 fully saturated rings. The van der Waals surface area contributed by atoms with Gasteiger partial charge in [0.05, 0.1) is 11.6 Å². The highest BCUT2D eigenvalue weighted by Crippen LogP contribution is 2.50. The summed E-state index contributed by atoms with van der Waals surface area (Å²) in [5, 5.41) is 8.95. The lowest BCUT2D eigenvalue weighted by Crippen LogP contribution is -2.11. The highest BCUT2D eigenvalue weighted by atomic mass is 14.4. The maximum absolute atomic E-state index is 8.95. The highest BCUT2D eigenvalue weighted by molar-refractivity contribution is 5.36. The molecule has 0 heterocycles. The molecule has 0 bridgehead atoms. The lowest BCUT2D eigenvalue weighted by Gasteiger charge is -2.25. The molecule has 1 aliphatic carbocycles. The number of hydrogen-bond acceptors (Lipinski definition) is 1. The van der Waals surface area contributed by atoms with Gasteiger partial charge in [-0.1, -0.05) is 55.8 Å². The van der Waals surface area contributed by atoms with E-state index in [1.54, 1.807) is 0 Å². The summed E-state index contributed by atoms with van der Waals surface area (Å²) in [5.74, 6) is 1.97.